The van der Waals surface area contributed by atoms with Crippen LogP contribution < -0.4 is 10.6 Å². The van der Waals surface area contributed by atoms with E-state index in [-0.39, 0.29) is 16.8 Å². The van der Waals surface area contributed by atoms with Crippen LogP contribution in [-0.4, -0.2) is 12.0 Å². The van der Waals surface area contributed by atoms with Crippen LogP contribution in [0.4, 0.5) is 10.1 Å². The maximum absolute atomic E-state index is 13.9. The summed E-state index contributed by atoms with van der Waals surface area (Å²) in [6.07, 6.45) is 0. The van der Waals surface area contributed by atoms with Crippen molar-refractivity contribution in [2.24, 2.45) is 5.73 Å². The van der Waals surface area contributed by atoms with E-state index in [1.54, 1.807) is 24.3 Å². The molecule has 110 valence electrons. The van der Waals surface area contributed by atoms with E-state index in [0.717, 1.165) is 5.69 Å². The SMILES string of the molecule is CC(c1ccccc1F)N(C)c1ccc(C(N)=S)c(Cl)c1. The van der Waals surface area contributed by atoms with Gasteiger partial charge in [0.1, 0.15) is 10.8 Å². The molecule has 21 heavy (non-hydrogen) atoms. The Hall–Kier alpha value is -1.65. The van der Waals surface area contributed by atoms with Gasteiger partial charge in [-0.3, -0.25) is 0 Å². The van der Waals surface area contributed by atoms with Crippen LogP contribution in [0.15, 0.2) is 42.5 Å². The van der Waals surface area contributed by atoms with Crippen LogP contribution in [0.1, 0.15) is 24.1 Å². The predicted molar refractivity (Wildman–Crippen MR) is 90.6 cm³/mol. The van der Waals surface area contributed by atoms with Crippen molar-refractivity contribution in [3.8, 4) is 0 Å². The minimum Gasteiger partial charge on any atom is -0.389 e. The first-order valence-corrected chi connectivity index (χ1v) is 7.27. The van der Waals surface area contributed by atoms with E-state index in [1.807, 2.05) is 31.0 Å². The molecule has 2 rings (SSSR count). The Morgan fingerprint density at radius 1 is 1.29 bits per heavy atom. The Balaban J connectivity index is 2.32. The molecule has 0 aliphatic rings. The van der Waals surface area contributed by atoms with Gasteiger partial charge in [0.15, 0.2) is 0 Å². The molecule has 0 aliphatic heterocycles. The Labute approximate surface area is 134 Å². The van der Waals surface area contributed by atoms with Crippen LogP contribution in [0, 0.1) is 5.82 Å². The lowest BCUT2D eigenvalue weighted by Gasteiger charge is -2.28. The van der Waals surface area contributed by atoms with E-state index in [2.05, 4.69) is 0 Å². The minimum atomic E-state index is -0.220. The van der Waals surface area contributed by atoms with E-state index in [1.165, 1.54) is 6.07 Å². The lowest BCUT2D eigenvalue weighted by Crippen LogP contribution is -2.22. The van der Waals surface area contributed by atoms with Crippen molar-refractivity contribution < 1.29 is 4.39 Å². The molecule has 1 atom stereocenters. The molecule has 0 spiro atoms. The number of anilines is 1. The third-order valence-electron chi connectivity index (χ3n) is 3.56. The molecule has 0 saturated heterocycles. The summed E-state index contributed by atoms with van der Waals surface area (Å²) >= 11 is 11.1. The fourth-order valence-electron chi connectivity index (χ4n) is 2.17. The molecule has 1 unspecified atom stereocenters. The maximum atomic E-state index is 13.9. The Morgan fingerprint density at radius 2 is 1.95 bits per heavy atom. The molecule has 0 fully saturated rings. The van der Waals surface area contributed by atoms with E-state index >= 15 is 0 Å². The number of nitrogens with two attached hydrogens (primary N) is 1. The highest BCUT2D eigenvalue weighted by atomic mass is 35.5. The first-order chi connectivity index (χ1) is 9.91. The van der Waals surface area contributed by atoms with Gasteiger partial charge in [-0.05, 0) is 31.2 Å². The van der Waals surface area contributed by atoms with Gasteiger partial charge >= 0.3 is 0 Å². The molecule has 2 nitrogen and oxygen atoms in total. The van der Waals surface area contributed by atoms with Crippen LogP contribution in [-0.2, 0) is 0 Å². The highest BCUT2D eigenvalue weighted by Crippen LogP contribution is 2.30. The topological polar surface area (TPSA) is 29.3 Å². The fourth-order valence-corrected chi connectivity index (χ4v) is 2.68. The molecular formula is C16H16ClFN2S. The van der Waals surface area contributed by atoms with Gasteiger partial charge in [-0.25, -0.2) is 4.39 Å². The number of halogens is 2. The zero-order chi connectivity index (χ0) is 15.6. The zero-order valence-electron chi connectivity index (χ0n) is 11.8. The summed E-state index contributed by atoms with van der Waals surface area (Å²) in [6.45, 7) is 1.94. The third kappa shape index (κ3) is 3.34. The van der Waals surface area contributed by atoms with Crippen molar-refractivity contribution >= 4 is 34.5 Å². The Morgan fingerprint density at radius 3 is 2.52 bits per heavy atom. The van der Waals surface area contributed by atoms with Crippen LogP contribution in [0.5, 0.6) is 0 Å². The minimum absolute atomic E-state index is 0.127. The first-order valence-electron chi connectivity index (χ1n) is 6.48. The summed E-state index contributed by atoms with van der Waals surface area (Å²) in [5.74, 6) is -0.220. The third-order valence-corrected chi connectivity index (χ3v) is 4.09. The predicted octanol–water partition coefficient (Wildman–Crippen LogP) is 4.31. The molecule has 2 aromatic carbocycles. The van der Waals surface area contributed by atoms with Crippen molar-refractivity contribution in [1.82, 2.24) is 0 Å². The van der Waals surface area contributed by atoms with Crippen molar-refractivity contribution in [2.75, 3.05) is 11.9 Å². The average Bonchev–Trinajstić information content (AvgIpc) is 2.45. The molecule has 0 aliphatic carbocycles. The van der Waals surface area contributed by atoms with Gasteiger partial charge in [0, 0.05) is 23.9 Å². The fraction of sp³-hybridized carbons (Fsp3) is 0.188. The average molecular weight is 323 g/mol. The highest BCUT2D eigenvalue weighted by molar-refractivity contribution is 7.80. The largest absolute Gasteiger partial charge is 0.389 e. The van der Waals surface area contributed by atoms with Gasteiger partial charge < -0.3 is 10.6 Å². The molecule has 5 heteroatoms. The van der Waals surface area contributed by atoms with E-state index in [4.69, 9.17) is 29.6 Å². The zero-order valence-corrected chi connectivity index (χ0v) is 13.4. The number of hydrogen-bond acceptors (Lipinski definition) is 2. The smallest absolute Gasteiger partial charge is 0.128 e. The summed E-state index contributed by atoms with van der Waals surface area (Å²) < 4.78 is 13.9. The molecule has 0 heterocycles. The van der Waals surface area contributed by atoms with Gasteiger partial charge in [0.05, 0.1) is 11.1 Å². The monoisotopic (exact) mass is 322 g/mol. The Bertz CT molecular complexity index is 675. The Kier molecular flexibility index (Phi) is 4.80. The van der Waals surface area contributed by atoms with Crippen LogP contribution in [0.25, 0.3) is 0 Å². The summed E-state index contributed by atoms with van der Waals surface area (Å²) in [5.41, 5.74) is 7.74. The van der Waals surface area contributed by atoms with Gasteiger partial charge in [0.25, 0.3) is 0 Å². The lowest BCUT2D eigenvalue weighted by molar-refractivity contribution is 0.585. The van der Waals surface area contributed by atoms with Gasteiger partial charge in [-0.1, -0.05) is 42.0 Å². The maximum Gasteiger partial charge on any atom is 0.128 e. The second-order valence-corrected chi connectivity index (χ2v) is 5.68. The van der Waals surface area contributed by atoms with Gasteiger partial charge in [-0.2, -0.15) is 0 Å². The summed E-state index contributed by atoms with van der Waals surface area (Å²) in [6, 6.07) is 12.1. The number of hydrogen-bond donors (Lipinski definition) is 1. The molecule has 2 aromatic rings. The lowest BCUT2D eigenvalue weighted by atomic mass is 10.1. The second-order valence-electron chi connectivity index (χ2n) is 4.84. The number of benzene rings is 2. The van der Waals surface area contributed by atoms with E-state index in [0.29, 0.717) is 16.1 Å². The molecule has 0 aromatic heterocycles. The summed E-state index contributed by atoms with van der Waals surface area (Å²) in [7, 11) is 1.89. The molecule has 0 bridgehead atoms. The first kappa shape index (κ1) is 15.7. The van der Waals surface area contributed by atoms with Crippen LogP contribution in [0.2, 0.25) is 5.02 Å². The molecular weight excluding hydrogens is 307 g/mol. The standard InChI is InChI=1S/C16H16ClFN2S/c1-10(12-5-3-4-6-15(12)18)20(2)11-7-8-13(16(19)21)14(17)9-11/h3-10H,1-2H3,(H2,19,21). The molecule has 0 saturated carbocycles. The highest BCUT2D eigenvalue weighted by Gasteiger charge is 2.16. The number of rotatable bonds is 4. The van der Waals surface area contributed by atoms with E-state index in [9.17, 15) is 4.39 Å². The van der Waals surface area contributed by atoms with E-state index < -0.39 is 0 Å². The van der Waals surface area contributed by atoms with Crippen LogP contribution in [0.3, 0.4) is 0 Å². The van der Waals surface area contributed by atoms with Gasteiger partial charge in [-0.15, -0.1) is 0 Å². The molecule has 0 amide bonds. The second kappa shape index (κ2) is 6.41. The quantitative estimate of drug-likeness (QED) is 0.850. The van der Waals surface area contributed by atoms with Gasteiger partial charge in [0.2, 0.25) is 0 Å². The molecule has 0 radical (unpaired) electrons. The van der Waals surface area contributed by atoms with Crippen molar-refractivity contribution in [1.29, 1.82) is 0 Å². The number of nitrogens with zero attached hydrogens (tertiary/aromatic N) is 1. The normalized spacial score (nSPS) is 12.0. The van der Waals surface area contributed by atoms with Crippen molar-refractivity contribution in [3.05, 3.63) is 64.4 Å². The van der Waals surface area contributed by atoms with Crippen molar-refractivity contribution in [2.45, 2.75) is 13.0 Å². The van der Waals surface area contributed by atoms with Crippen molar-refractivity contribution in [3.63, 3.8) is 0 Å². The summed E-state index contributed by atoms with van der Waals surface area (Å²) in [4.78, 5) is 2.21. The molecule has 2 N–H and O–H groups in total. The van der Waals surface area contributed by atoms with Crippen LogP contribution >= 0.6 is 23.8 Å². The summed E-state index contributed by atoms with van der Waals surface area (Å²) in [5, 5.41) is 0.493. The number of thiocarbonyl (C=S) groups is 1.